The van der Waals surface area contributed by atoms with Gasteiger partial charge in [-0.3, -0.25) is 0 Å². The van der Waals surface area contributed by atoms with Gasteiger partial charge in [-0.15, -0.1) is 0 Å². The van der Waals surface area contributed by atoms with Crippen LogP contribution in [0.4, 0.5) is 0 Å². The van der Waals surface area contributed by atoms with Crippen LogP contribution in [0.5, 0.6) is 0 Å². The van der Waals surface area contributed by atoms with Gasteiger partial charge in [0.1, 0.15) is 61.0 Å². The van der Waals surface area contributed by atoms with E-state index in [1.807, 2.05) is 0 Å². The lowest BCUT2D eigenvalue weighted by Gasteiger charge is -2.67. The standard InChI is InChI=1S/C48H82O18/c1-22(9-13-33(45(4,5)60)65-34-17-26(51)35(53)27(19-49)62-34)23-15-16-46(6)30-12-10-24-25(48(30,8)31(52)18-47(23,46)7)11-14-32(44(24,2)3)66-43-41(59)39(57)37(55)29(64-43)21-61-42-40(58)38(56)36(54)28(20-50)63-42/h10,22-23,25-43,49-60H,9,11-21H2,1-8H3/t22-,23?,25?,26-,27-,28-,29-,30?,31-,32+,33-,34+,35+,36-,37-,38+,39+,40-,41-,42-,43+,46+,47-,48+/m1/s1. The highest BCUT2D eigenvalue weighted by Crippen LogP contribution is 2.75. The zero-order chi connectivity index (χ0) is 48.6. The minimum atomic E-state index is -1.69. The van der Waals surface area contributed by atoms with Crippen molar-refractivity contribution < 1.29 is 89.7 Å². The number of aliphatic hydroxyl groups is 12. The van der Waals surface area contributed by atoms with E-state index in [9.17, 15) is 61.3 Å². The van der Waals surface area contributed by atoms with Crippen LogP contribution in [0, 0.1) is 45.3 Å². The molecule has 382 valence electrons. The topological polar surface area (TPSA) is 298 Å². The first-order valence-electron chi connectivity index (χ1n) is 24.4. The third-order valence-corrected chi connectivity index (χ3v) is 18.6. The third-order valence-electron chi connectivity index (χ3n) is 18.6. The Bertz CT molecular complexity index is 1680. The molecule has 66 heavy (non-hydrogen) atoms. The van der Waals surface area contributed by atoms with E-state index in [0.29, 0.717) is 31.6 Å². The number of fused-ring (bicyclic) bond motifs is 5. The second kappa shape index (κ2) is 19.6. The van der Waals surface area contributed by atoms with Crippen molar-refractivity contribution in [3.63, 3.8) is 0 Å². The van der Waals surface area contributed by atoms with Crippen LogP contribution in [0.25, 0.3) is 0 Å². The molecule has 7 rings (SSSR count). The number of ether oxygens (including phenoxy) is 6. The Kier molecular flexibility index (Phi) is 15.7. The normalized spacial score (nSPS) is 50.4. The number of allylic oxidation sites excluding steroid dienone is 1. The molecule has 0 bridgehead atoms. The molecule has 0 amide bonds. The third kappa shape index (κ3) is 9.12. The Hall–Kier alpha value is -0.980. The zero-order valence-electron chi connectivity index (χ0n) is 40.0. The molecule has 0 aromatic carbocycles. The summed E-state index contributed by atoms with van der Waals surface area (Å²) in [7, 11) is 0. The molecule has 0 aromatic rings. The Balaban J connectivity index is 1.02. The first-order chi connectivity index (χ1) is 30.8. The van der Waals surface area contributed by atoms with E-state index in [-0.39, 0.29) is 35.0 Å². The maximum atomic E-state index is 12.6. The summed E-state index contributed by atoms with van der Waals surface area (Å²) >= 11 is 0. The van der Waals surface area contributed by atoms with Gasteiger partial charge in [0, 0.05) is 17.3 Å². The van der Waals surface area contributed by atoms with Crippen LogP contribution in [0.2, 0.25) is 0 Å². The molecule has 24 atom stereocenters. The molecular formula is C48H82O18. The second-order valence-corrected chi connectivity index (χ2v) is 22.9. The van der Waals surface area contributed by atoms with Crippen molar-refractivity contribution in [2.24, 2.45) is 45.3 Å². The van der Waals surface area contributed by atoms with Gasteiger partial charge in [0.15, 0.2) is 18.9 Å². The number of aliphatic hydroxyl groups excluding tert-OH is 11. The molecule has 4 aliphatic carbocycles. The van der Waals surface area contributed by atoms with E-state index >= 15 is 0 Å². The molecule has 18 heteroatoms. The van der Waals surface area contributed by atoms with E-state index in [1.54, 1.807) is 13.8 Å². The first kappa shape index (κ1) is 52.8. The molecule has 3 aliphatic heterocycles. The second-order valence-electron chi connectivity index (χ2n) is 22.9. The van der Waals surface area contributed by atoms with Crippen LogP contribution in [-0.2, 0) is 28.4 Å². The van der Waals surface area contributed by atoms with E-state index in [1.165, 1.54) is 5.57 Å². The SMILES string of the molecule is C[C@H](CC[C@@H](O[C@H]1C[C@@H](O)[C@H](O)[C@@H](CO)O1)C(C)(C)O)C1CC[C@@]2(C)C3CC=C4C(CC[C@H](O[C@@H]5O[C@H](CO[C@@H]6O[C@H](CO)[C@@H](O)[C@H](O)[C@H]6O)[C@@H](O)[C@H](O)[C@H]5O)C4(C)C)[C@]3(C)[C@H](O)C[C@]12C. The van der Waals surface area contributed by atoms with Gasteiger partial charge in [0.25, 0.3) is 0 Å². The van der Waals surface area contributed by atoms with Crippen molar-refractivity contribution in [2.45, 2.75) is 223 Å². The fraction of sp³-hybridized carbons (Fsp3) is 0.958. The summed E-state index contributed by atoms with van der Waals surface area (Å²) in [5.74, 6) is 0.738. The van der Waals surface area contributed by atoms with Crippen LogP contribution in [-0.4, -0.2) is 191 Å². The molecule has 7 aliphatic rings. The van der Waals surface area contributed by atoms with Gasteiger partial charge in [-0.1, -0.05) is 53.2 Å². The van der Waals surface area contributed by atoms with Crippen LogP contribution in [0.15, 0.2) is 11.6 Å². The molecule has 3 heterocycles. The predicted molar refractivity (Wildman–Crippen MR) is 234 cm³/mol. The van der Waals surface area contributed by atoms with Crippen LogP contribution < -0.4 is 0 Å². The van der Waals surface area contributed by atoms with E-state index < -0.39 is 141 Å². The number of rotatable bonds is 14. The smallest absolute Gasteiger partial charge is 0.187 e. The average Bonchev–Trinajstić information content (AvgIpc) is 3.52. The maximum Gasteiger partial charge on any atom is 0.187 e. The van der Waals surface area contributed by atoms with Gasteiger partial charge in [-0.25, -0.2) is 0 Å². The van der Waals surface area contributed by atoms with E-state index in [0.717, 1.165) is 25.7 Å². The molecule has 18 nitrogen and oxygen atoms in total. The Labute approximate surface area is 388 Å². The molecule has 3 unspecified atom stereocenters. The molecule has 3 saturated carbocycles. The Morgan fingerprint density at radius 1 is 0.727 bits per heavy atom. The van der Waals surface area contributed by atoms with Gasteiger partial charge in [-0.05, 0) is 99.7 Å². The van der Waals surface area contributed by atoms with Crippen LogP contribution in [0.3, 0.4) is 0 Å². The summed E-state index contributed by atoms with van der Waals surface area (Å²) in [6.45, 7) is 15.3. The van der Waals surface area contributed by atoms with Gasteiger partial charge < -0.3 is 89.7 Å². The monoisotopic (exact) mass is 947 g/mol. The van der Waals surface area contributed by atoms with E-state index in [2.05, 4.69) is 47.6 Å². The lowest BCUT2D eigenvalue weighted by molar-refractivity contribution is -0.340. The average molecular weight is 947 g/mol. The van der Waals surface area contributed by atoms with Crippen LogP contribution >= 0.6 is 0 Å². The highest BCUT2D eigenvalue weighted by atomic mass is 16.7. The lowest BCUT2D eigenvalue weighted by atomic mass is 9.38. The lowest BCUT2D eigenvalue weighted by Crippen LogP contribution is -2.65. The number of hydrogen-bond acceptors (Lipinski definition) is 18. The van der Waals surface area contributed by atoms with Crippen LogP contribution in [0.1, 0.15) is 113 Å². The van der Waals surface area contributed by atoms with Crippen molar-refractivity contribution in [3.8, 4) is 0 Å². The Morgan fingerprint density at radius 2 is 1.33 bits per heavy atom. The molecular weight excluding hydrogens is 865 g/mol. The molecule has 0 spiro atoms. The largest absolute Gasteiger partial charge is 0.394 e. The quantitative estimate of drug-likeness (QED) is 0.102. The molecule has 0 radical (unpaired) electrons. The van der Waals surface area contributed by atoms with Crippen molar-refractivity contribution >= 4 is 0 Å². The Morgan fingerprint density at radius 3 is 1.97 bits per heavy atom. The van der Waals surface area contributed by atoms with Crippen molar-refractivity contribution in [2.75, 3.05) is 19.8 Å². The minimum absolute atomic E-state index is 0.0157. The van der Waals surface area contributed by atoms with Gasteiger partial charge in [0.2, 0.25) is 0 Å². The summed E-state index contributed by atoms with van der Waals surface area (Å²) in [6.07, 6.45) is -12.9. The molecule has 3 saturated heterocycles. The molecule has 12 N–H and O–H groups in total. The summed E-state index contributed by atoms with van der Waals surface area (Å²) in [5, 5.41) is 127. The summed E-state index contributed by atoms with van der Waals surface area (Å²) in [6, 6.07) is 0. The zero-order valence-corrected chi connectivity index (χ0v) is 40.0. The van der Waals surface area contributed by atoms with Crippen molar-refractivity contribution in [1.82, 2.24) is 0 Å². The maximum absolute atomic E-state index is 12.6. The minimum Gasteiger partial charge on any atom is -0.394 e. The summed E-state index contributed by atoms with van der Waals surface area (Å²) in [4.78, 5) is 0. The highest BCUT2D eigenvalue weighted by molar-refractivity contribution is 5.32. The molecule has 0 aromatic heterocycles. The van der Waals surface area contributed by atoms with Gasteiger partial charge in [0.05, 0.1) is 49.8 Å². The number of hydrogen-bond donors (Lipinski definition) is 12. The van der Waals surface area contributed by atoms with Crippen molar-refractivity contribution in [3.05, 3.63) is 11.6 Å². The molecule has 6 fully saturated rings. The van der Waals surface area contributed by atoms with Gasteiger partial charge >= 0.3 is 0 Å². The summed E-state index contributed by atoms with van der Waals surface area (Å²) < 4.78 is 35.7. The first-order valence-corrected chi connectivity index (χ1v) is 24.4. The van der Waals surface area contributed by atoms with Gasteiger partial charge in [-0.2, -0.15) is 0 Å². The fourth-order valence-corrected chi connectivity index (χ4v) is 14.1. The summed E-state index contributed by atoms with van der Waals surface area (Å²) in [5.41, 5.74) is -1.38. The van der Waals surface area contributed by atoms with Crippen molar-refractivity contribution in [1.29, 1.82) is 0 Å². The fourth-order valence-electron chi connectivity index (χ4n) is 14.1. The predicted octanol–water partition coefficient (Wildman–Crippen LogP) is -0.0268. The highest BCUT2D eigenvalue weighted by Gasteiger charge is 2.70. The van der Waals surface area contributed by atoms with E-state index in [4.69, 9.17) is 28.4 Å².